The summed E-state index contributed by atoms with van der Waals surface area (Å²) in [7, 11) is -2.12. The minimum Gasteiger partial charge on any atom is -0.497 e. The second-order valence-corrected chi connectivity index (χ2v) is 19.2. The summed E-state index contributed by atoms with van der Waals surface area (Å²) in [5, 5.41) is -0.341. The molecule has 6 atom stereocenters. The topological polar surface area (TPSA) is 132 Å². The number of ketones is 1. The van der Waals surface area contributed by atoms with Crippen LogP contribution in [-0.2, 0) is 23.7 Å². The summed E-state index contributed by atoms with van der Waals surface area (Å²) < 4.78 is 31.8. The lowest BCUT2D eigenvalue weighted by molar-refractivity contribution is -0.156. The summed E-state index contributed by atoms with van der Waals surface area (Å²) in [6, 6.07) is 16.3. The first-order valence-electron chi connectivity index (χ1n) is 19.4. The van der Waals surface area contributed by atoms with E-state index in [9.17, 15) is 23.8 Å². The zero-order chi connectivity index (χ0) is 38.8. The number of amides is 1. The SMILES string of the molecule is C=C[C@@H]1C[C@]1(CC(=O)[C@@H]1C[C@@H](Oc2cc(-c3ccccc3)nc3cc(OC)ccc23)CN1C(=O)[C@@H](CC(=O)OC1CCCC1)C(C)(C)C)P(=O)(O)CCC. The van der Waals surface area contributed by atoms with Crippen molar-refractivity contribution in [2.24, 2.45) is 17.3 Å². The molecule has 0 radical (unpaired) electrons. The van der Waals surface area contributed by atoms with Gasteiger partial charge in [-0.15, -0.1) is 6.58 Å². The molecule has 1 N–H and O–H groups in total. The van der Waals surface area contributed by atoms with Crippen molar-refractivity contribution in [3.63, 3.8) is 0 Å². The van der Waals surface area contributed by atoms with Gasteiger partial charge in [0, 0.05) is 42.1 Å². The molecule has 2 saturated carbocycles. The van der Waals surface area contributed by atoms with Gasteiger partial charge in [0.1, 0.15) is 23.7 Å². The van der Waals surface area contributed by atoms with Crippen LogP contribution >= 0.6 is 7.37 Å². The maximum Gasteiger partial charge on any atom is 0.306 e. The minimum absolute atomic E-state index is 0.101. The third kappa shape index (κ3) is 8.30. The van der Waals surface area contributed by atoms with Gasteiger partial charge >= 0.3 is 5.97 Å². The van der Waals surface area contributed by atoms with Crippen LogP contribution in [-0.4, -0.2) is 75.7 Å². The molecule has 1 unspecified atom stereocenters. The number of hydrogen-bond acceptors (Lipinski definition) is 8. The summed E-state index contributed by atoms with van der Waals surface area (Å²) >= 11 is 0. The number of likely N-dealkylation sites (tertiary alicyclic amines) is 1. The molecule has 11 heteroatoms. The number of pyridine rings is 1. The highest BCUT2D eigenvalue weighted by Gasteiger charge is 2.65. The molecular formula is C43H55N2O8P. The Labute approximate surface area is 319 Å². The fourth-order valence-electron chi connectivity index (χ4n) is 8.44. The molecule has 1 aromatic heterocycles. The molecule has 2 aliphatic carbocycles. The Bertz CT molecular complexity index is 1920. The van der Waals surface area contributed by atoms with E-state index in [0.717, 1.165) is 36.6 Å². The molecule has 3 aliphatic rings. The Balaban J connectivity index is 1.34. The quantitative estimate of drug-likeness (QED) is 0.0922. The van der Waals surface area contributed by atoms with Gasteiger partial charge in [0.25, 0.3) is 0 Å². The van der Waals surface area contributed by atoms with Crippen LogP contribution in [0.2, 0.25) is 0 Å². The molecule has 1 aliphatic heterocycles. The van der Waals surface area contributed by atoms with Crippen LogP contribution < -0.4 is 9.47 Å². The molecule has 0 spiro atoms. The van der Waals surface area contributed by atoms with E-state index in [1.165, 1.54) is 0 Å². The first kappa shape index (κ1) is 39.7. The standard InChI is InChI=1S/C43H55N2O8P/c1-7-20-54(49,50)43(25-29(43)8-2)26-38(46)37-22-32(27-45(37)41(48)34(42(3,4)5)23-40(47)53-30-16-12-13-17-30)52-39-24-35(28-14-10-9-11-15-28)44-36-21-31(51-6)18-19-33(36)39/h8-11,14-15,18-19,21,24,29-30,32,34,37H,2,7,12-13,16-17,20,22-23,25-27H2,1,3-6H3,(H,49,50)/t29-,32-,34-,37+,43-/m1/s1. The fourth-order valence-corrected chi connectivity index (χ4v) is 11.0. The van der Waals surface area contributed by atoms with Crippen molar-refractivity contribution in [1.82, 2.24) is 9.88 Å². The molecule has 3 aromatic rings. The average molecular weight is 759 g/mol. The van der Waals surface area contributed by atoms with Crippen molar-refractivity contribution in [3.8, 4) is 22.8 Å². The summed E-state index contributed by atoms with van der Waals surface area (Å²) in [4.78, 5) is 60.3. The monoisotopic (exact) mass is 758 g/mol. The summed E-state index contributed by atoms with van der Waals surface area (Å²) in [5.41, 5.74) is 1.63. The Morgan fingerprint density at radius 3 is 2.44 bits per heavy atom. The van der Waals surface area contributed by atoms with Gasteiger partial charge in [-0.3, -0.25) is 18.9 Å². The number of methoxy groups -OCH3 is 1. The van der Waals surface area contributed by atoms with Gasteiger partial charge in [-0.05, 0) is 62.0 Å². The number of carbonyl (C=O) groups is 3. The van der Waals surface area contributed by atoms with Crippen LogP contribution in [0.4, 0.5) is 0 Å². The maximum absolute atomic E-state index is 14.8. The first-order valence-corrected chi connectivity index (χ1v) is 21.2. The van der Waals surface area contributed by atoms with Gasteiger partial charge < -0.3 is 24.0 Å². The van der Waals surface area contributed by atoms with Crippen LogP contribution in [0.3, 0.4) is 0 Å². The van der Waals surface area contributed by atoms with E-state index in [0.29, 0.717) is 35.6 Å². The van der Waals surface area contributed by atoms with Crippen molar-refractivity contribution >= 4 is 35.9 Å². The number of esters is 1. The highest BCUT2D eigenvalue weighted by Crippen LogP contribution is 2.73. The number of nitrogens with zero attached hydrogens (tertiary/aromatic N) is 2. The van der Waals surface area contributed by atoms with Crippen LogP contribution in [0, 0.1) is 17.3 Å². The van der Waals surface area contributed by atoms with Crippen LogP contribution in [0.25, 0.3) is 22.2 Å². The van der Waals surface area contributed by atoms with Crippen molar-refractivity contribution in [3.05, 3.63) is 67.3 Å². The number of hydrogen-bond donors (Lipinski definition) is 1. The van der Waals surface area contributed by atoms with E-state index in [-0.39, 0.29) is 55.7 Å². The predicted octanol–water partition coefficient (Wildman–Crippen LogP) is 8.38. The fraction of sp³-hybridized carbons (Fsp3) is 0.535. The second-order valence-electron chi connectivity index (χ2n) is 16.5. The molecule has 2 aromatic carbocycles. The van der Waals surface area contributed by atoms with Gasteiger partial charge in [-0.25, -0.2) is 4.98 Å². The van der Waals surface area contributed by atoms with Gasteiger partial charge in [-0.1, -0.05) is 64.1 Å². The number of rotatable bonds is 15. The van der Waals surface area contributed by atoms with Crippen molar-refractivity contribution in [1.29, 1.82) is 0 Å². The molecule has 6 rings (SSSR count). The first-order chi connectivity index (χ1) is 25.7. The molecule has 54 heavy (non-hydrogen) atoms. The van der Waals surface area contributed by atoms with Crippen molar-refractivity contribution in [2.75, 3.05) is 19.8 Å². The smallest absolute Gasteiger partial charge is 0.306 e. The van der Waals surface area contributed by atoms with Crippen molar-refractivity contribution < 1.29 is 38.1 Å². The lowest BCUT2D eigenvalue weighted by Crippen LogP contribution is -2.48. The minimum atomic E-state index is -3.72. The lowest BCUT2D eigenvalue weighted by Gasteiger charge is -2.35. The normalized spacial score (nSPS) is 24.5. The average Bonchev–Trinajstić information content (AvgIpc) is 3.41. The zero-order valence-electron chi connectivity index (χ0n) is 32.3. The third-order valence-electron chi connectivity index (χ3n) is 11.7. The molecule has 3 fully saturated rings. The number of allylic oxidation sites excluding steroid dienone is 1. The van der Waals surface area contributed by atoms with Crippen LogP contribution in [0.1, 0.15) is 85.5 Å². The molecule has 290 valence electrons. The highest BCUT2D eigenvalue weighted by atomic mass is 31.2. The number of aromatic nitrogens is 1. The zero-order valence-corrected chi connectivity index (χ0v) is 33.2. The van der Waals surface area contributed by atoms with E-state index in [1.807, 2.05) is 82.3 Å². The van der Waals surface area contributed by atoms with Gasteiger partial charge in [-0.2, -0.15) is 0 Å². The summed E-state index contributed by atoms with van der Waals surface area (Å²) in [5.74, 6) is -0.846. The number of benzene rings is 2. The van der Waals surface area contributed by atoms with Crippen LogP contribution in [0.15, 0.2) is 67.3 Å². The number of carbonyl (C=O) groups excluding carboxylic acids is 3. The van der Waals surface area contributed by atoms with E-state index >= 15 is 0 Å². The number of ether oxygens (including phenoxy) is 3. The van der Waals surface area contributed by atoms with Crippen molar-refractivity contribution in [2.45, 2.75) is 109 Å². The highest BCUT2D eigenvalue weighted by molar-refractivity contribution is 7.60. The molecular weight excluding hydrogens is 703 g/mol. The largest absolute Gasteiger partial charge is 0.497 e. The van der Waals surface area contributed by atoms with E-state index in [1.54, 1.807) is 18.1 Å². The lowest BCUT2D eigenvalue weighted by atomic mass is 9.77. The third-order valence-corrected chi connectivity index (χ3v) is 14.8. The molecule has 1 saturated heterocycles. The van der Waals surface area contributed by atoms with E-state index in [2.05, 4.69) is 6.58 Å². The van der Waals surface area contributed by atoms with Gasteiger partial charge in [0.15, 0.2) is 5.78 Å². The molecule has 10 nitrogen and oxygen atoms in total. The number of Topliss-reactive ketones (excluding diaryl/α,β-unsaturated/α-hetero) is 1. The summed E-state index contributed by atoms with van der Waals surface area (Å²) in [6.07, 6.45) is 5.60. The van der Waals surface area contributed by atoms with Gasteiger partial charge in [0.2, 0.25) is 13.3 Å². The Morgan fingerprint density at radius 2 is 1.81 bits per heavy atom. The predicted molar refractivity (Wildman–Crippen MR) is 210 cm³/mol. The Morgan fingerprint density at radius 1 is 1.09 bits per heavy atom. The Hall–Kier alpha value is -4.01. The van der Waals surface area contributed by atoms with Gasteiger partial charge in [0.05, 0.1) is 48.4 Å². The summed E-state index contributed by atoms with van der Waals surface area (Å²) in [6.45, 7) is 11.6. The number of fused-ring (bicyclic) bond motifs is 1. The van der Waals surface area contributed by atoms with E-state index < -0.39 is 42.0 Å². The molecule has 2 heterocycles. The second kappa shape index (κ2) is 16.0. The van der Waals surface area contributed by atoms with Crippen LogP contribution in [0.5, 0.6) is 11.5 Å². The Kier molecular flexibility index (Phi) is 11.8. The molecule has 0 bridgehead atoms. The maximum atomic E-state index is 14.8. The van der Waals surface area contributed by atoms with E-state index in [4.69, 9.17) is 19.2 Å². The molecule has 1 amide bonds.